The zero-order chi connectivity index (χ0) is 21.7. The molecule has 3 rings (SSSR count). The molecule has 156 valence electrons. The fourth-order valence-electron chi connectivity index (χ4n) is 2.75. The van der Waals surface area contributed by atoms with E-state index in [1.807, 2.05) is 30.3 Å². The number of methoxy groups -OCH3 is 1. The molecule has 3 aromatic rings. The predicted octanol–water partition coefficient (Wildman–Crippen LogP) is 5.08. The van der Waals surface area contributed by atoms with E-state index in [0.717, 1.165) is 15.5 Å². The third-order valence-electron chi connectivity index (χ3n) is 4.20. The van der Waals surface area contributed by atoms with Crippen LogP contribution in [0.1, 0.15) is 21.9 Å². The van der Waals surface area contributed by atoms with Crippen LogP contribution in [0, 0.1) is 13.8 Å². The Morgan fingerprint density at radius 2 is 1.83 bits per heavy atom. The average molecular weight is 445 g/mol. The van der Waals surface area contributed by atoms with Gasteiger partial charge in [0.1, 0.15) is 17.3 Å². The van der Waals surface area contributed by atoms with Crippen molar-refractivity contribution in [1.29, 1.82) is 0 Å². The Labute approximate surface area is 183 Å². The largest absolute Gasteiger partial charge is 0.497 e. The summed E-state index contributed by atoms with van der Waals surface area (Å²) in [5.41, 5.74) is 0.969. The van der Waals surface area contributed by atoms with E-state index in [2.05, 4.69) is 10.6 Å². The van der Waals surface area contributed by atoms with Crippen LogP contribution in [-0.2, 0) is 4.79 Å². The first-order valence-corrected chi connectivity index (χ1v) is 10.3. The lowest BCUT2D eigenvalue weighted by Crippen LogP contribution is -2.32. The number of furan rings is 1. The highest BCUT2D eigenvalue weighted by Gasteiger charge is 2.14. The van der Waals surface area contributed by atoms with Crippen molar-refractivity contribution < 1.29 is 18.7 Å². The first-order valence-electron chi connectivity index (χ1n) is 9.12. The number of nitrogens with one attached hydrogen (secondary N) is 2. The summed E-state index contributed by atoms with van der Waals surface area (Å²) in [6.07, 6.45) is 0. The Kier molecular flexibility index (Phi) is 7.07. The Hall–Kier alpha value is -2.90. The molecule has 0 saturated carbocycles. The number of benzene rings is 2. The smallest absolute Gasteiger partial charge is 0.255 e. The number of hydrogen-bond donors (Lipinski definition) is 2. The summed E-state index contributed by atoms with van der Waals surface area (Å²) in [5, 5.41) is 5.83. The van der Waals surface area contributed by atoms with Crippen LogP contribution in [0.5, 0.6) is 5.75 Å². The highest BCUT2D eigenvalue weighted by molar-refractivity contribution is 7.99. The number of amides is 2. The maximum Gasteiger partial charge on any atom is 0.255 e. The molecule has 6 nitrogen and oxygen atoms in total. The molecule has 2 N–H and O–H groups in total. The molecule has 0 aliphatic heterocycles. The van der Waals surface area contributed by atoms with E-state index in [1.165, 1.54) is 11.8 Å². The van der Waals surface area contributed by atoms with Crippen LogP contribution >= 0.6 is 23.4 Å². The minimum Gasteiger partial charge on any atom is -0.497 e. The molecule has 0 atom stereocenters. The van der Waals surface area contributed by atoms with E-state index in [1.54, 1.807) is 39.2 Å². The van der Waals surface area contributed by atoms with Gasteiger partial charge in [-0.2, -0.15) is 0 Å². The molecule has 0 saturated heterocycles. The average Bonchev–Trinajstić information content (AvgIpc) is 3.07. The maximum atomic E-state index is 12.2. The van der Waals surface area contributed by atoms with Gasteiger partial charge >= 0.3 is 0 Å². The number of halogens is 1. The Balaban J connectivity index is 1.56. The van der Waals surface area contributed by atoms with Gasteiger partial charge in [0, 0.05) is 15.5 Å². The molecule has 30 heavy (non-hydrogen) atoms. The molecule has 2 aromatic carbocycles. The second kappa shape index (κ2) is 9.73. The van der Waals surface area contributed by atoms with Crippen LogP contribution in [0.2, 0.25) is 5.02 Å². The molecule has 1 heterocycles. The zero-order valence-electron chi connectivity index (χ0n) is 16.7. The molecule has 0 radical (unpaired) electrons. The van der Waals surface area contributed by atoms with E-state index < -0.39 is 0 Å². The minimum atomic E-state index is -0.358. The van der Waals surface area contributed by atoms with Gasteiger partial charge in [0.25, 0.3) is 5.91 Å². The number of carbonyl (C=O) groups excluding carboxylic acids is 2. The van der Waals surface area contributed by atoms with Crippen molar-refractivity contribution in [1.82, 2.24) is 5.32 Å². The van der Waals surface area contributed by atoms with Gasteiger partial charge in [0.05, 0.1) is 24.2 Å². The minimum absolute atomic E-state index is 0.164. The highest BCUT2D eigenvalue weighted by atomic mass is 35.5. The van der Waals surface area contributed by atoms with Crippen LogP contribution in [0.4, 0.5) is 5.69 Å². The lowest BCUT2D eigenvalue weighted by molar-refractivity contribution is -0.115. The van der Waals surface area contributed by atoms with Crippen molar-refractivity contribution in [3.8, 4) is 5.75 Å². The van der Waals surface area contributed by atoms with Gasteiger partial charge in [-0.25, -0.2) is 0 Å². The lowest BCUT2D eigenvalue weighted by Gasteiger charge is -2.10. The van der Waals surface area contributed by atoms with Crippen LogP contribution in [-0.4, -0.2) is 25.5 Å². The van der Waals surface area contributed by atoms with Crippen molar-refractivity contribution >= 4 is 40.9 Å². The van der Waals surface area contributed by atoms with Gasteiger partial charge in [-0.05, 0) is 62.4 Å². The quantitative estimate of drug-likeness (QED) is 0.531. The van der Waals surface area contributed by atoms with Crippen LogP contribution in [0.15, 0.2) is 62.7 Å². The second-order valence-corrected chi connectivity index (χ2v) is 8.00. The van der Waals surface area contributed by atoms with Gasteiger partial charge in [-0.1, -0.05) is 23.4 Å². The molecule has 0 aliphatic rings. The number of hydrogen-bond acceptors (Lipinski definition) is 5. The van der Waals surface area contributed by atoms with E-state index in [-0.39, 0.29) is 18.4 Å². The molecule has 0 aliphatic carbocycles. The molecule has 0 unspecified atom stereocenters. The van der Waals surface area contributed by atoms with Gasteiger partial charge in [0.2, 0.25) is 5.91 Å². The van der Waals surface area contributed by atoms with Gasteiger partial charge < -0.3 is 19.8 Å². The van der Waals surface area contributed by atoms with Crippen molar-refractivity contribution in [3.05, 3.63) is 70.6 Å². The summed E-state index contributed by atoms with van der Waals surface area (Å²) in [5.74, 6) is 1.23. The fourth-order valence-corrected chi connectivity index (χ4v) is 3.86. The fraction of sp³-hybridized carbons (Fsp3) is 0.182. The first kappa shape index (κ1) is 21.8. The van der Waals surface area contributed by atoms with E-state index in [9.17, 15) is 9.59 Å². The molecule has 2 amide bonds. The summed E-state index contributed by atoms with van der Waals surface area (Å²) in [4.78, 5) is 26.2. The summed E-state index contributed by atoms with van der Waals surface area (Å²) in [6.45, 7) is 3.30. The SMILES string of the molecule is COc1ccc(Sc2ccc(NC(=O)CNC(=O)c3cc(C)oc3C)cc2Cl)cc1. The summed E-state index contributed by atoms with van der Waals surface area (Å²) >= 11 is 7.88. The van der Waals surface area contributed by atoms with Crippen molar-refractivity contribution in [2.24, 2.45) is 0 Å². The molecule has 0 bridgehead atoms. The van der Waals surface area contributed by atoms with Crippen molar-refractivity contribution in [2.75, 3.05) is 19.0 Å². The summed E-state index contributed by atoms with van der Waals surface area (Å²) in [7, 11) is 1.62. The van der Waals surface area contributed by atoms with Crippen molar-refractivity contribution in [3.63, 3.8) is 0 Å². The van der Waals surface area contributed by atoms with Crippen molar-refractivity contribution in [2.45, 2.75) is 23.6 Å². The molecule has 1 aromatic heterocycles. The summed E-state index contributed by atoms with van der Waals surface area (Å²) in [6, 6.07) is 14.6. The number of anilines is 1. The second-order valence-electron chi connectivity index (χ2n) is 6.48. The zero-order valence-corrected chi connectivity index (χ0v) is 18.3. The van der Waals surface area contributed by atoms with E-state index >= 15 is 0 Å². The number of ether oxygens (including phenoxy) is 1. The third kappa shape index (κ3) is 5.58. The number of aryl methyl sites for hydroxylation is 2. The number of rotatable bonds is 7. The predicted molar refractivity (Wildman–Crippen MR) is 118 cm³/mol. The highest BCUT2D eigenvalue weighted by Crippen LogP contribution is 2.35. The molecule has 0 spiro atoms. The maximum absolute atomic E-state index is 12.2. The number of carbonyl (C=O) groups is 2. The van der Waals surface area contributed by atoms with E-state index in [4.69, 9.17) is 20.8 Å². The third-order valence-corrected chi connectivity index (χ3v) is 5.71. The lowest BCUT2D eigenvalue weighted by atomic mass is 10.2. The molecular weight excluding hydrogens is 424 g/mol. The summed E-state index contributed by atoms with van der Waals surface area (Å²) < 4.78 is 10.5. The Morgan fingerprint density at radius 1 is 1.10 bits per heavy atom. The standard InChI is InChI=1S/C22H21ClN2O4S/c1-13-10-18(14(2)29-13)22(27)24-12-21(26)25-15-4-9-20(19(23)11-15)30-17-7-5-16(28-3)6-8-17/h4-11H,12H2,1-3H3,(H,24,27)(H,25,26). The van der Waals surface area contributed by atoms with Crippen LogP contribution in [0.25, 0.3) is 0 Å². The van der Waals surface area contributed by atoms with Crippen LogP contribution in [0.3, 0.4) is 0 Å². The normalized spacial score (nSPS) is 10.5. The van der Waals surface area contributed by atoms with Gasteiger partial charge in [-0.3, -0.25) is 9.59 Å². The topological polar surface area (TPSA) is 80.6 Å². The monoisotopic (exact) mass is 444 g/mol. The Morgan fingerprint density at radius 3 is 2.43 bits per heavy atom. The van der Waals surface area contributed by atoms with Gasteiger partial charge in [0.15, 0.2) is 0 Å². The molecular formula is C22H21ClN2O4S. The van der Waals surface area contributed by atoms with E-state index in [0.29, 0.717) is 27.8 Å². The molecule has 8 heteroatoms. The van der Waals surface area contributed by atoms with Gasteiger partial charge in [-0.15, -0.1) is 0 Å². The molecule has 0 fully saturated rings. The Bertz CT molecular complexity index is 1060. The first-order chi connectivity index (χ1) is 14.4. The van der Waals surface area contributed by atoms with Crippen LogP contribution < -0.4 is 15.4 Å².